The summed E-state index contributed by atoms with van der Waals surface area (Å²) >= 11 is 0. The van der Waals surface area contributed by atoms with Crippen LogP contribution in [0.5, 0.6) is 23.0 Å². The average Bonchev–Trinajstić information content (AvgIpc) is 3.45. The van der Waals surface area contributed by atoms with Gasteiger partial charge in [-0.25, -0.2) is 4.79 Å². The first-order valence-electron chi connectivity index (χ1n) is 9.98. The number of benzene rings is 2. The van der Waals surface area contributed by atoms with Crippen molar-refractivity contribution in [3.05, 3.63) is 47.5 Å². The summed E-state index contributed by atoms with van der Waals surface area (Å²) in [6, 6.07) is 10.0. The first-order chi connectivity index (χ1) is 14.7. The van der Waals surface area contributed by atoms with Crippen LogP contribution in [0.2, 0.25) is 0 Å². The lowest BCUT2D eigenvalue weighted by atomic mass is 9.99. The van der Waals surface area contributed by atoms with Gasteiger partial charge in [-0.15, -0.1) is 0 Å². The van der Waals surface area contributed by atoms with Crippen LogP contribution in [0.25, 0.3) is 0 Å². The Hall–Kier alpha value is -3.42. The van der Waals surface area contributed by atoms with Crippen molar-refractivity contribution in [1.82, 2.24) is 4.90 Å². The maximum atomic E-state index is 13.4. The zero-order valence-corrected chi connectivity index (χ0v) is 16.3. The van der Waals surface area contributed by atoms with Crippen molar-refractivity contribution in [2.75, 3.05) is 26.7 Å². The summed E-state index contributed by atoms with van der Waals surface area (Å²) < 4.78 is 27.2. The van der Waals surface area contributed by atoms with Gasteiger partial charge in [0, 0.05) is 24.2 Å². The predicted octanol–water partition coefficient (Wildman–Crippen LogP) is 3.69. The zero-order chi connectivity index (χ0) is 20.5. The molecule has 1 saturated heterocycles. The second-order valence-electron chi connectivity index (χ2n) is 7.36. The predicted molar refractivity (Wildman–Crippen MR) is 104 cm³/mol. The summed E-state index contributed by atoms with van der Waals surface area (Å²) in [6.07, 6.45) is 1.34. The third kappa shape index (κ3) is 3.49. The van der Waals surface area contributed by atoms with Crippen molar-refractivity contribution in [3.63, 3.8) is 0 Å². The molecule has 0 aromatic heterocycles. The summed E-state index contributed by atoms with van der Waals surface area (Å²) in [5.74, 6) is 1.84. The van der Waals surface area contributed by atoms with Crippen molar-refractivity contribution in [2.24, 2.45) is 0 Å². The van der Waals surface area contributed by atoms with Gasteiger partial charge >= 0.3 is 6.09 Å². The molecule has 1 unspecified atom stereocenters. The van der Waals surface area contributed by atoms with Gasteiger partial charge in [-0.2, -0.15) is 0 Å². The normalized spacial score (nSPS) is 17.5. The Morgan fingerprint density at radius 3 is 2.17 bits per heavy atom. The van der Waals surface area contributed by atoms with Crippen LogP contribution in [0, 0.1) is 0 Å². The van der Waals surface area contributed by atoms with Gasteiger partial charge < -0.3 is 28.6 Å². The topological polar surface area (TPSA) is 83.5 Å². The standard InChI is InChI=1S/C22H21NO7/c24-20(14-4-6-16-18(10-14)28-12-26-16)21(30-22(25)23-8-2-1-3-9-23)15-5-7-17-19(11-15)29-13-27-17/h4-7,10-11,21H,1-3,8-9,12-13H2. The molecule has 0 radical (unpaired) electrons. The molecule has 1 amide bonds. The molecule has 8 nitrogen and oxygen atoms in total. The molecule has 0 saturated carbocycles. The molecule has 30 heavy (non-hydrogen) atoms. The van der Waals surface area contributed by atoms with E-state index in [0.717, 1.165) is 19.3 Å². The average molecular weight is 411 g/mol. The lowest BCUT2D eigenvalue weighted by Gasteiger charge is -2.28. The summed E-state index contributed by atoms with van der Waals surface area (Å²) in [4.78, 5) is 27.8. The Morgan fingerprint density at radius 2 is 1.43 bits per heavy atom. The number of rotatable bonds is 4. The van der Waals surface area contributed by atoms with Gasteiger partial charge in [0.1, 0.15) is 0 Å². The SMILES string of the molecule is O=C(c1ccc2c(c1)OCO2)C(OC(=O)N1CCCCC1)c1ccc2c(c1)OCO2. The van der Waals surface area contributed by atoms with Crippen LogP contribution < -0.4 is 18.9 Å². The fourth-order valence-corrected chi connectivity index (χ4v) is 3.80. The molecule has 0 aliphatic carbocycles. The van der Waals surface area contributed by atoms with Crippen LogP contribution in [0.3, 0.4) is 0 Å². The number of ether oxygens (including phenoxy) is 5. The molecule has 1 fully saturated rings. The minimum absolute atomic E-state index is 0.114. The molecule has 2 aromatic carbocycles. The highest BCUT2D eigenvalue weighted by Gasteiger charge is 2.31. The van der Waals surface area contributed by atoms with E-state index in [1.54, 1.807) is 41.3 Å². The number of hydrogen-bond donors (Lipinski definition) is 0. The maximum absolute atomic E-state index is 13.4. The Kier molecular flexibility index (Phi) is 4.82. The van der Waals surface area contributed by atoms with Gasteiger partial charge in [-0.1, -0.05) is 6.07 Å². The van der Waals surface area contributed by atoms with E-state index in [4.69, 9.17) is 23.7 Å². The van der Waals surface area contributed by atoms with Crippen LogP contribution in [-0.2, 0) is 4.74 Å². The largest absolute Gasteiger partial charge is 0.454 e. The van der Waals surface area contributed by atoms with E-state index < -0.39 is 12.2 Å². The molecule has 2 aromatic rings. The minimum Gasteiger partial charge on any atom is -0.454 e. The number of hydrogen-bond acceptors (Lipinski definition) is 7. The number of nitrogens with zero attached hydrogens (tertiary/aromatic N) is 1. The fourth-order valence-electron chi connectivity index (χ4n) is 3.80. The van der Waals surface area contributed by atoms with Crippen LogP contribution in [-0.4, -0.2) is 43.5 Å². The van der Waals surface area contributed by atoms with Crippen LogP contribution in [0.4, 0.5) is 4.79 Å². The second-order valence-corrected chi connectivity index (χ2v) is 7.36. The Bertz CT molecular complexity index is 983. The molecule has 3 aliphatic rings. The number of Topliss-reactive ketones (excluding diaryl/α,β-unsaturated/α-hetero) is 1. The van der Waals surface area contributed by atoms with E-state index >= 15 is 0 Å². The lowest BCUT2D eigenvalue weighted by Crippen LogP contribution is -2.37. The highest BCUT2D eigenvalue weighted by Crippen LogP contribution is 2.38. The highest BCUT2D eigenvalue weighted by atomic mass is 16.7. The molecule has 156 valence electrons. The second kappa shape index (κ2) is 7.78. The first kappa shape index (κ1) is 18.6. The summed E-state index contributed by atoms with van der Waals surface area (Å²) in [5, 5.41) is 0. The van der Waals surface area contributed by atoms with Crippen LogP contribution >= 0.6 is 0 Å². The molecule has 3 heterocycles. The van der Waals surface area contributed by atoms with Gasteiger partial charge in [0.25, 0.3) is 0 Å². The monoisotopic (exact) mass is 411 g/mol. The van der Waals surface area contributed by atoms with E-state index in [1.807, 2.05) is 0 Å². The molecule has 0 N–H and O–H groups in total. The summed E-state index contributed by atoms with van der Waals surface area (Å²) in [6.45, 7) is 1.49. The van der Waals surface area contributed by atoms with E-state index in [2.05, 4.69) is 0 Å². The smallest absolute Gasteiger partial charge is 0.410 e. The van der Waals surface area contributed by atoms with Gasteiger partial charge in [0.05, 0.1) is 0 Å². The molecule has 0 bridgehead atoms. The van der Waals surface area contributed by atoms with Crippen molar-refractivity contribution < 1.29 is 33.3 Å². The molecule has 1 atom stereocenters. The van der Waals surface area contributed by atoms with Crippen molar-refractivity contribution >= 4 is 11.9 Å². The molecular formula is C22H21NO7. The van der Waals surface area contributed by atoms with Crippen molar-refractivity contribution in [3.8, 4) is 23.0 Å². The quantitative estimate of drug-likeness (QED) is 0.710. The molecule has 3 aliphatic heterocycles. The third-order valence-electron chi connectivity index (χ3n) is 5.43. The molecule has 5 rings (SSSR count). The van der Waals surface area contributed by atoms with Crippen LogP contribution in [0.15, 0.2) is 36.4 Å². The number of carbonyl (C=O) groups is 2. The molecule has 0 spiro atoms. The maximum Gasteiger partial charge on any atom is 0.410 e. The number of fused-ring (bicyclic) bond motifs is 2. The number of ketones is 1. The van der Waals surface area contributed by atoms with E-state index in [-0.39, 0.29) is 19.4 Å². The lowest BCUT2D eigenvalue weighted by molar-refractivity contribution is 0.0458. The number of likely N-dealkylation sites (tertiary alicyclic amines) is 1. The summed E-state index contributed by atoms with van der Waals surface area (Å²) in [5.41, 5.74) is 0.889. The zero-order valence-electron chi connectivity index (χ0n) is 16.3. The van der Waals surface area contributed by atoms with Gasteiger partial charge in [-0.05, 0) is 49.6 Å². The van der Waals surface area contributed by atoms with E-state index in [9.17, 15) is 9.59 Å². The summed E-state index contributed by atoms with van der Waals surface area (Å²) in [7, 11) is 0. The van der Waals surface area contributed by atoms with Gasteiger partial charge in [-0.3, -0.25) is 4.79 Å². The Morgan fingerprint density at radius 1 is 0.800 bits per heavy atom. The molecular weight excluding hydrogens is 390 g/mol. The highest BCUT2D eigenvalue weighted by molar-refractivity contribution is 6.01. The van der Waals surface area contributed by atoms with Gasteiger partial charge in [0.15, 0.2) is 29.1 Å². The molecule has 8 heteroatoms. The fraction of sp³-hybridized carbons (Fsp3) is 0.364. The number of amides is 1. The van der Waals surface area contributed by atoms with E-state index in [0.29, 0.717) is 47.2 Å². The van der Waals surface area contributed by atoms with Gasteiger partial charge in [0.2, 0.25) is 19.4 Å². The number of carbonyl (C=O) groups excluding carboxylic acids is 2. The van der Waals surface area contributed by atoms with Crippen molar-refractivity contribution in [2.45, 2.75) is 25.4 Å². The Labute approximate surface area is 173 Å². The van der Waals surface area contributed by atoms with E-state index in [1.165, 1.54) is 0 Å². The van der Waals surface area contributed by atoms with Crippen molar-refractivity contribution in [1.29, 1.82) is 0 Å². The first-order valence-corrected chi connectivity index (χ1v) is 9.98. The minimum atomic E-state index is -1.12. The third-order valence-corrected chi connectivity index (χ3v) is 5.43. The number of piperidine rings is 1. The Balaban J connectivity index is 1.45. The van der Waals surface area contributed by atoms with Crippen LogP contribution in [0.1, 0.15) is 41.3 Å².